The van der Waals surface area contributed by atoms with E-state index in [1.807, 2.05) is 11.8 Å². The molecule has 0 saturated heterocycles. The normalized spacial score (nSPS) is 14.9. The first-order valence-electron chi connectivity index (χ1n) is 3.69. The zero-order valence-corrected chi connectivity index (χ0v) is 8.11. The first-order valence-corrected chi connectivity index (χ1v) is 4.98. The lowest BCUT2D eigenvalue weighted by atomic mass is 9.99. The van der Waals surface area contributed by atoms with Gasteiger partial charge in [0.15, 0.2) is 0 Å². The highest BCUT2D eigenvalue weighted by molar-refractivity contribution is 8.11. The Morgan fingerprint density at radius 1 is 1.40 bits per heavy atom. The van der Waals surface area contributed by atoms with E-state index in [9.17, 15) is 0 Å². The Bertz CT molecular complexity index is 99.4. The first-order chi connectivity index (χ1) is 4.68. The van der Waals surface area contributed by atoms with Crippen molar-refractivity contribution >= 4 is 17.3 Å². The van der Waals surface area contributed by atoms with Crippen LogP contribution in [0.15, 0.2) is 4.99 Å². The van der Waals surface area contributed by atoms with Crippen molar-refractivity contribution in [3.05, 3.63) is 0 Å². The van der Waals surface area contributed by atoms with Gasteiger partial charge in [-0.3, -0.25) is 4.99 Å². The van der Waals surface area contributed by atoms with Gasteiger partial charge < -0.3 is 0 Å². The number of rotatable bonds is 4. The van der Waals surface area contributed by atoms with Gasteiger partial charge in [0.2, 0.25) is 0 Å². The maximum atomic E-state index is 4.25. The summed E-state index contributed by atoms with van der Waals surface area (Å²) >= 11 is 1.66. The smallest absolute Gasteiger partial charge is 0.0538 e. The van der Waals surface area contributed by atoms with E-state index in [0.29, 0.717) is 5.92 Å². The predicted molar refractivity (Wildman–Crippen MR) is 50.9 cm³/mol. The van der Waals surface area contributed by atoms with Crippen LogP contribution in [-0.2, 0) is 0 Å². The molecule has 0 radical (unpaired) electrons. The monoisotopic (exact) mass is 159 g/mol. The second-order valence-electron chi connectivity index (χ2n) is 2.93. The van der Waals surface area contributed by atoms with Gasteiger partial charge in [0.05, 0.1) is 5.55 Å². The molecule has 0 aromatic carbocycles. The minimum absolute atomic E-state index is 0.711. The Balaban J connectivity index is 3.38. The van der Waals surface area contributed by atoms with E-state index in [-0.39, 0.29) is 0 Å². The molecule has 0 aromatic rings. The van der Waals surface area contributed by atoms with Gasteiger partial charge >= 0.3 is 0 Å². The molecule has 0 heterocycles. The maximum Gasteiger partial charge on any atom is 0.0538 e. The van der Waals surface area contributed by atoms with Crippen molar-refractivity contribution in [1.82, 2.24) is 0 Å². The summed E-state index contributed by atoms with van der Waals surface area (Å²) in [4.78, 5) is 4.25. The van der Waals surface area contributed by atoms with Gasteiger partial charge in [-0.2, -0.15) is 0 Å². The molecule has 0 rings (SSSR count). The van der Waals surface area contributed by atoms with Crippen LogP contribution in [0.3, 0.4) is 0 Å². The van der Waals surface area contributed by atoms with Crippen LogP contribution in [0.5, 0.6) is 0 Å². The maximum absolute atomic E-state index is 4.25. The molecule has 60 valence electrons. The predicted octanol–water partition coefficient (Wildman–Crippen LogP) is 2.67. The zero-order valence-electron chi connectivity index (χ0n) is 7.29. The van der Waals surface area contributed by atoms with Crippen molar-refractivity contribution in [2.24, 2.45) is 16.8 Å². The molecule has 0 bridgehead atoms. The highest BCUT2D eigenvalue weighted by atomic mass is 32.2. The standard InChI is InChI=1S/C8H17NS/c1-7(2)8(3)5-9-6-10-4/h6-8H,5H2,1-4H3/b9-6-. The van der Waals surface area contributed by atoms with Gasteiger partial charge in [0.1, 0.15) is 0 Å². The highest BCUT2D eigenvalue weighted by Crippen LogP contribution is 2.09. The zero-order chi connectivity index (χ0) is 7.98. The Hall–Kier alpha value is 0.0200. The number of nitrogens with zero attached hydrogens (tertiary/aromatic N) is 1. The van der Waals surface area contributed by atoms with E-state index in [0.717, 1.165) is 12.5 Å². The van der Waals surface area contributed by atoms with Crippen molar-refractivity contribution in [3.63, 3.8) is 0 Å². The first kappa shape index (κ1) is 10.0. The van der Waals surface area contributed by atoms with Crippen molar-refractivity contribution in [3.8, 4) is 0 Å². The van der Waals surface area contributed by atoms with Crippen molar-refractivity contribution in [2.45, 2.75) is 20.8 Å². The van der Waals surface area contributed by atoms with Gasteiger partial charge in [0.25, 0.3) is 0 Å². The molecule has 1 unspecified atom stereocenters. The summed E-state index contributed by atoms with van der Waals surface area (Å²) in [5.74, 6) is 1.46. The van der Waals surface area contributed by atoms with Gasteiger partial charge in [-0.25, -0.2) is 0 Å². The van der Waals surface area contributed by atoms with Crippen molar-refractivity contribution < 1.29 is 0 Å². The third-order valence-corrected chi connectivity index (χ3v) is 2.07. The van der Waals surface area contributed by atoms with E-state index in [2.05, 4.69) is 25.8 Å². The average Bonchev–Trinajstić information content (AvgIpc) is 1.88. The fourth-order valence-electron chi connectivity index (χ4n) is 0.495. The van der Waals surface area contributed by atoms with Gasteiger partial charge in [-0.05, 0) is 18.1 Å². The highest BCUT2D eigenvalue weighted by Gasteiger charge is 2.03. The van der Waals surface area contributed by atoms with Gasteiger partial charge in [-0.1, -0.05) is 20.8 Å². The Morgan fingerprint density at radius 3 is 2.40 bits per heavy atom. The molecule has 0 fully saturated rings. The fourth-order valence-corrected chi connectivity index (χ4v) is 0.730. The van der Waals surface area contributed by atoms with Crippen LogP contribution in [0.25, 0.3) is 0 Å². The SMILES string of the molecule is CS/C=N\CC(C)C(C)C. The number of hydrogen-bond acceptors (Lipinski definition) is 2. The van der Waals surface area contributed by atoms with Crippen LogP contribution in [0.4, 0.5) is 0 Å². The van der Waals surface area contributed by atoms with Crippen LogP contribution in [0.2, 0.25) is 0 Å². The summed E-state index contributed by atoms with van der Waals surface area (Å²) in [6, 6.07) is 0. The molecule has 0 aliphatic heterocycles. The number of aliphatic imine (C=N–C) groups is 1. The number of thioether (sulfide) groups is 1. The van der Waals surface area contributed by atoms with E-state index >= 15 is 0 Å². The summed E-state index contributed by atoms with van der Waals surface area (Å²) in [6.45, 7) is 7.68. The molecule has 1 nitrogen and oxygen atoms in total. The summed E-state index contributed by atoms with van der Waals surface area (Å²) in [5.41, 5.74) is 1.92. The Kier molecular flexibility index (Phi) is 5.79. The molecule has 1 atom stereocenters. The molecule has 2 heteroatoms. The van der Waals surface area contributed by atoms with Crippen LogP contribution in [0.1, 0.15) is 20.8 Å². The lowest BCUT2D eigenvalue weighted by molar-refractivity contribution is 0.431. The van der Waals surface area contributed by atoms with Crippen LogP contribution >= 0.6 is 11.8 Å². The lowest BCUT2D eigenvalue weighted by Gasteiger charge is -2.11. The molecular weight excluding hydrogens is 142 g/mol. The molecule has 0 amide bonds. The number of hydrogen-bond donors (Lipinski definition) is 0. The van der Waals surface area contributed by atoms with E-state index in [1.165, 1.54) is 0 Å². The van der Waals surface area contributed by atoms with E-state index in [4.69, 9.17) is 0 Å². The quantitative estimate of drug-likeness (QED) is 0.454. The van der Waals surface area contributed by atoms with Crippen LogP contribution in [-0.4, -0.2) is 18.3 Å². The minimum Gasteiger partial charge on any atom is -0.286 e. The fraction of sp³-hybridized carbons (Fsp3) is 0.875. The second kappa shape index (κ2) is 5.78. The topological polar surface area (TPSA) is 12.4 Å². The molecule has 0 aliphatic rings. The summed E-state index contributed by atoms with van der Waals surface area (Å²) in [7, 11) is 0. The summed E-state index contributed by atoms with van der Waals surface area (Å²) < 4.78 is 0. The molecule has 0 aliphatic carbocycles. The van der Waals surface area contributed by atoms with E-state index < -0.39 is 0 Å². The van der Waals surface area contributed by atoms with Gasteiger partial charge in [0, 0.05) is 6.54 Å². The third-order valence-electron chi connectivity index (χ3n) is 1.71. The van der Waals surface area contributed by atoms with Crippen LogP contribution in [0, 0.1) is 11.8 Å². The second-order valence-corrected chi connectivity index (χ2v) is 3.61. The molecular formula is C8H17NS. The lowest BCUT2D eigenvalue weighted by Crippen LogP contribution is -2.07. The largest absolute Gasteiger partial charge is 0.286 e. The molecule has 0 spiro atoms. The average molecular weight is 159 g/mol. The van der Waals surface area contributed by atoms with Crippen molar-refractivity contribution in [2.75, 3.05) is 12.8 Å². The Labute approximate surface area is 68.3 Å². The summed E-state index contributed by atoms with van der Waals surface area (Å²) in [6.07, 6.45) is 2.03. The summed E-state index contributed by atoms with van der Waals surface area (Å²) in [5, 5.41) is 0. The molecule has 0 N–H and O–H groups in total. The van der Waals surface area contributed by atoms with E-state index in [1.54, 1.807) is 11.8 Å². The Morgan fingerprint density at radius 2 is 2.00 bits per heavy atom. The van der Waals surface area contributed by atoms with Gasteiger partial charge in [-0.15, -0.1) is 11.8 Å². The third kappa shape index (κ3) is 4.86. The molecule has 10 heavy (non-hydrogen) atoms. The molecule has 0 aromatic heterocycles. The van der Waals surface area contributed by atoms with Crippen LogP contribution < -0.4 is 0 Å². The minimum atomic E-state index is 0.711. The van der Waals surface area contributed by atoms with Crippen molar-refractivity contribution in [1.29, 1.82) is 0 Å². The molecule has 0 saturated carbocycles.